The van der Waals surface area contributed by atoms with E-state index in [9.17, 15) is 22.4 Å². The lowest BCUT2D eigenvalue weighted by molar-refractivity contribution is -0.140. The molecule has 0 unspecified atom stereocenters. The molecule has 0 bridgehead atoms. The molecule has 0 heterocycles. The highest BCUT2D eigenvalue weighted by atomic mass is 35.5. The largest absolute Gasteiger partial charge is 0.352 e. The molecule has 1 saturated carbocycles. The van der Waals surface area contributed by atoms with Crippen molar-refractivity contribution in [2.75, 3.05) is 17.1 Å². The Morgan fingerprint density at radius 3 is 2.30 bits per heavy atom. The number of benzene rings is 2. The second kappa shape index (κ2) is 12.7. The monoisotopic (exact) mass is 591 g/mol. The summed E-state index contributed by atoms with van der Waals surface area (Å²) in [5.74, 6) is -1.65. The van der Waals surface area contributed by atoms with Crippen LogP contribution in [0.5, 0.6) is 0 Å². The Kier molecular flexibility index (Phi) is 10.1. The molecule has 1 aliphatic carbocycles. The van der Waals surface area contributed by atoms with Crippen LogP contribution in [-0.4, -0.2) is 50.0 Å². The average molecular weight is 593 g/mol. The van der Waals surface area contributed by atoms with Crippen LogP contribution < -0.4 is 9.62 Å². The first kappa shape index (κ1) is 29.5. The molecular formula is C25H29Cl3FN3O4S. The lowest BCUT2D eigenvalue weighted by Gasteiger charge is -2.33. The van der Waals surface area contributed by atoms with Crippen LogP contribution in [-0.2, 0) is 26.2 Å². The predicted molar refractivity (Wildman–Crippen MR) is 145 cm³/mol. The van der Waals surface area contributed by atoms with Crippen LogP contribution in [0.25, 0.3) is 0 Å². The summed E-state index contributed by atoms with van der Waals surface area (Å²) in [6, 6.07) is 7.44. The van der Waals surface area contributed by atoms with E-state index in [2.05, 4.69) is 5.32 Å². The first-order valence-corrected chi connectivity index (χ1v) is 14.9. The standard InChI is InChI=1S/C25H29Cl3FN3O4S/c1-3-23(25(34)30-17-6-4-5-7-17)31(14-16-8-10-19(26)20(27)12-16)24(33)15-32(37(2,35)36)18-9-11-22(29)21(28)13-18/h8-13,17,23H,3-7,14-15H2,1-2H3,(H,30,34)/t23-/m0/s1. The molecule has 3 rings (SSSR count). The van der Waals surface area contributed by atoms with Crippen LogP contribution in [0.4, 0.5) is 10.1 Å². The summed E-state index contributed by atoms with van der Waals surface area (Å²) in [7, 11) is -3.97. The molecule has 12 heteroatoms. The first-order valence-electron chi connectivity index (χ1n) is 11.9. The van der Waals surface area contributed by atoms with Gasteiger partial charge in [0.05, 0.1) is 27.0 Å². The topological polar surface area (TPSA) is 86.8 Å². The van der Waals surface area contributed by atoms with Crippen molar-refractivity contribution in [3.05, 3.63) is 62.8 Å². The van der Waals surface area contributed by atoms with Gasteiger partial charge in [-0.15, -0.1) is 0 Å². The maximum Gasteiger partial charge on any atom is 0.244 e. The molecule has 37 heavy (non-hydrogen) atoms. The number of nitrogens with zero attached hydrogens (tertiary/aromatic N) is 2. The maximum absolute atomic E-state index is 13.7. The van der Waals surface area contributed by atoms with Crippen molar-refractivity contribution in [2.45, 2.75) is 57.7 Å². The summed E-state index contributed by atoms with van der Waals surface area (Å²) in [5.41, 5.74) is 0.644. The Morgan fingerprint density at radius 2 is 1.73 bits per heavy atom. The van der Waals surface area contributed by atoms with Crippen molar-refractivity contribution >= 4 is 62.3 Å². The number of rotatable bonds is 10. The second-order valence-corrected chi connectivity index (χ2v) is 12.2. The van der Waals surface area contributed by atoms with Crippen LogP contribution in [0.15, 0.2) is 36.4 Å². The fourth-order valence-electron chi connectivity index (χ4n) is 4.38. The first-order chi connectivity index (χ1) is 17.4. The molecule has 0 radical (unpaired) electrons. The smallest absolute Gasteiger partial charge is 0.244 e. The van der Waals surface area contributed by atoms with Gasteiger partial charge >= 0.3 is 0 Å². The Bertz CT molecular complexity index is 1260. The third kappa shape index (κ3) is 7.72. The highest BCUT2D eigenvalue weighted by molar-refractivity contribution is 7.92. The summed E-state index contributed by atoms with van der Waals surface area (Å²) >= 11 is 18.1. The maximum atomic E-state index is 13.7. The number of carbonyl (C=O) groups is 2. The highest BCUT2D eigenvalue weighted by Crippen LogP contribution is 2.27. The summed E-state index contributed by atoms with van der Waals surface area (Å²) in [4.78, 5) is 28.3. The predicted octanol–water partition coefficient (Wildman–Crippen LogP) is 5.42. The van der Waals surface area contributed by atoms with Crippen molar-refractivity contribution in [2.24, 2.45) is 0 Å². The molecular weight excluding hydrogens is 564 g/mol. The zero-order chi connectivity index (χ0) is 27.3. The van der Waals surface area contributed by atoms with Crippen LogP contribution in [0.3, 0.4) is 0 Å². The van der Waals surface area contributed by atoms with E-state index in [-0.39, 0.29) is 34.2 Å². The molecule has 1 atom stereocenters. The molecule has 2 aromatic rings. The van der Waals surface area contributed by atoms with E-state index in [1.54, 1.807) is 25.1 Å². The van der Waals surface area contributed by atoms with Crippen LogP contribution >= 0.6 is 34.8 Å². The number of anilines is 1. The third-order valence-electron chi connectivity index (χ3n) is 6.29. The summed E-state index contributed by atoms with van der Waals surface area (Å²) < 4.78 is 39.8. The molecule has 2 amide bonds. The number of sulfonamides is 1. The molecule has 0 spiro atoms. The molecule has 7 nitrogen and oxygen atoms in total. The van der Waals surface area contributed by atoms with Gasteiger partial charge in [0.15, 0.2) is 0 Å². The normalized spacial score (nSPS) is 14.9. The molecule has 0 saturated heterocycles. The van der Waals surface area contributed by atoms with E-state index in [4.69, 9.17) is 34.8 Å². The van der Waals surface area contributed by atoms with Gasteiger partial charge in [0.2, 0.25) is 21.8 Å². The van der Waals surface area contributed by atoms with Gasteiger partial charge in [-0.05, 0) is 55.2 Å². The highest BCUT2D eigenvalue weighted by Gasteiger charge is 2.33. The van der Waals surface area contributed by atoms with E-state index >= 15 is 0 Å². The Balaban J connectivity index is 1.95. The Morgan fingerprint density at radius 1 is 1.05 bits per heavy atom. The Hall–Kier alpha value is -2.07. The van der Waals surface area contributed by atoms with Gasteiger partial charge in [-0.1, -0.05) is 60.6 Å². The molecule has 1 aliphatic rings. The lowest BCUT2D eigenvalue weighted by atomic mass is 10.1. The van der Waals surface area contributed by atoms with Gasteiger partial charge in [-0.25, -0.2) is 12.8 Å². The van der Waals surface area contributed by atoms with E-state index in [0.717, 1.165) is 48.4 Å². The van der Waals surface area contributed by atoms with Crippen molar-refractivity contribution in [1.29, 1.82) is 0 Å². The SMILES string of the molecule is CC[C@@H](C(=O)NC1CCCC1)N(Cc1ccc(Cl)c(Cl)c1)C(=O)CN(c1ccc(F)c(Cl)c1)S(C)(=O)=O. The number of halogens is 4. The van der Waals surface area contributed by atoms with E-state index in [0.29, 0.717) is 17.0 Å². The van der Waals surface area contributed by atoms with E-state index in [1.807, 2.05) is 0 Å². The number of nitrogens with one attached hydrogen (secondary N) is 1. The van der Waals surface area contributed by atoms with Crippen molar-refractivity contribution < 1.29 is 22.4 Å². The lowest BCUT2D eigenvalue weighted by Crippen LogP contribution is -2.53. The summed E-state index contributed by atoms with van der Waals surface area (Å²) in [6.45, 7) is 1.16. The minimum absolute atomic E-state index is 0.00586. The molecule has 1 N–H and O–H groups in total. The number of carbonyl (C=O) groups excluding carboxylic acids is 2. The van der Waals surface area contributed by atoms with E-state index in [1.165, 1.54) is 11.0 Å². The van der Waals surface area contributed by atoms with E-state index < -0.39 is 34.3 Å². The zero-order valence-electron chi connectivity index (χ0n) is 20.5. The molecule has 2 aromatic carbocycles. The zero-order valence-corrected chi connectivity index (χ0v) is 23.6. The van der Waals surface area contributed by atoms with Crippen molar-refractivity contribution in [3.63, 3.8) is 0 Å². The van der Waals surface area contributed by atoms with Gasteiger partial charge in [-0.2, -0.15) is 0 Å². The molecule has 202 valence electrons. The molecule has 0 aliphatic heterocycles. The Labute approximate surface area is 231 Å². The molecule has 1 fully saturated rings. The van der Waals surface area contributed by atoms with Crippen molar-refractivity contribution in [1.82, 2.24) is 10.2 Å². The number of hydrogen-bond acceptors (Lipinski definition) is 4. The third-order valence-corrected chi connectivity index (χ3v) is 8.46. The quantitative estimate of drug-likeness (QED) is 0.399. The fourth-order valence-corrected chi connectivity index (χ4v) is 5.71. The fraction of sp³-hybridized carbons (Fsp3) is 0.440. The van der Waals surface area contributed by atoms with Gasteiger partial charge in [0, 0.05) is 12.6 Å². The minimum Gasteiger partial charge on any atom is -0.352 e. The van der Waals surface area contributed by atoms with Gasteiger partial charge < -0.3 is 10.2 Å². The second-order valence-electron chi connectivity index (χ2n) is 9.05. The van der Waals surface area contributed by atoms with Gasteiger partial charge in [0.1, 0.15) is 18.4 Å². The number of amides is 2. The van der Waals surface area contributed by atoms with Crippen LogP contribution in [0.2, 0.25) is 15.1 Å². The summed E-state index contributed by atoms with van der Waals surface area (Å²) in [6.07, 6.45) is 5.03. The van der Waals surface area contributed by atoms with Crippen molar-refractivity contribution in [3.8, 4) is 0 Å². The van der Waals surface area contributed by atoms with Crippen LogP contribution in [0.1, 0.15) is 44.6 Å². The minimum atomic E-state index is -3.97. The van der Waals surface area contributed by atoms with Gasteiger partial charge in [-0.3, -0.25) is 13.9 Å². The van der Waals surface area contributed by atoms with Crippen LogP contribution in [0, 0.1) is 5.82 Å². The van der Waals surface area contributed by atoms with Gasteiger partial charge in [0.25, 0.3) is 0 Å². The number of hydrogen-bond donors (Lipinski definition) is 1. The average Bonchev–Trinajstić information content (AvgIpc) is 3.33. The molecule has 0 aromatic heterocycles. The summed E-state index contributed by atoms with van der Waals surface area (Å²) in [5, 5.41) is 3.37.